The molecule has 0 saturated carbocycles. The van der Waals surface area contributed by atoms with Crippen LogP contribution in [0.15, 0.2) is 0 Å². The Balaban J connectivity index is 4.03. The Morgan fingerprint density at radius 1 is 1.11 bits per heavy atom. The van der Waals surface area contributed by atoms with Crippen LogP contribution in [0.5, 0.6) is 0 Å². The van der Waals surface area contributed by atoms with Gasteiger partial charge in [-0.3, -0.25) is 14.9 Å². The van der Waals surface area contributed by atoms with E-state index in [0.717, 1.165) is 19.3 Å². The van der Waals surface area contributed by atoms with Gasteiger partial charge in [0.15, 0.2) is 0 Å². The predicted molar refractivity (Wildman–Crippen MR) is 77.9 cm³/mol. The van der Waals surface area contributed by atoms with E-state index in [4.69, 9.17) is 0 Å². The number of likely N-dealkylation sites (N-methyl/N-ethyl adjacent to an activating group) is 1. The summed E-state index contributed by atoms with van der Waals surface area (Å²) in [6.45, 7) is 9.00. The summed E-state index contributed by atoms with van der Waals surface area (Å²) in [6, 6.07) is -0.702. The molecular formula is C14H29N3O2. The smallest absolute Gasteiger partial charge is 0.239 e. The van der Waals surface area contributed by atoms with E-state index >= 15 is 0 Å². The molecule has 2 atom stereocenters. The van der Waals surface area contributed by atoms with Crippen LogP contribution in [0, 0.1) is 0 Å². The highest BCUT2D eigenvalue weighted by atomic mass is 16.2. The van der Waals surface area contributed by atoms with Crippen molar-refractivity contribution >= 4 is 11.8 Å². The highest BCUT2D eigenvalue weighted by Crippen LogP contribution is 1.95. The molecule has 0 aliphatic carbocycles. The SMILES string of the molecule is CCCCCNC(=O)C(C)NC(C)C(=O)N(C)CC. The maximum absolute atomic E-state index is 11.9. The summed E-state index contributed by atoms with van der Waals surface area (Å²) in [4.78, 5) is 25.3. The summed E-state index contributed by atoms with van der Waals surface area (Å²) in [6.07, 6.45) is 3.26. The molecule has 0 aromatic rings. The second-order valence-electron chi connectivity index (χ2n) is 4.96. The summed E-state index contributed by atoms with van der Waals surface area (Å²) in [5, 5.41) is 5.91. The molecule has 0 rings (SSSR count). The van der Waals surface area contributed by atoms with E-state index in [9.17, 15) is 9.59 Å². The van der Waals surface area contributed by atoms with Crippen LogP contribution in [0.25, 0.3) is 0 Å². The largest absolute Gasteiger partial charge is 0.355 e. The quantitative estimate of drug-likeness (QED) is 0.618. The first-order valence-electron chi connectivity index (χ1n) is 7.22. The highest BCUT2D eigenvalue weighted by Gasteiger charge is 2.21. The van der Waals surface area contributed by atoms with E-state index in [2.05, 4.69) is 17.6 Å². The Hall–Kier alpha value is -1.10. The fourth-order valence-corrected chi connectivity index (χ4v) is 1.75. The number of hydrogen-bond donors (Lipinski definition) is 2. The second kappa shape index (κ2) is 9.78. The fraction of sp³-hybridized carbons (Fsp3) is 0.857. The molecule has 0 aromatic heterocycles. The minimum atomic E-state index is -0.356. The third-order valence-corrected chi connectivity index (χ3v) is 3.19. The van der Waals surface area contributed by atoms with Crippen molar-refractivity contribution < 1.29 is 9.59 Å². The molecular weight excluding hydrogens is 242 g/mol. The third-order valence-electron chi connectivity index (χ3n) is 3.19. The summed E-state index contributed by atoms with van der Waals surface area (Å²) in [7, 11) is 1.76. The standard InChI is InChI=1S/C14H29N3O2/c1-6-8-9-10-15-13(18)11(3)16-12(4)14(19)17(5)7-2/h11-12,16H,6-10H2,1-5H3,(H,15,18). The number of hydrogen-bond acceptors (Lipinski definition) is 3. The van der Waals surface area contributed by atoms with Gasteiger partial charge in [-0.2, -0.15) is 0 Å². The molecule has 0 aliphatic heterocycles. The van der Waals surface area contributed by atoms with Crippen LogP contribution in [-0.4, -0.2) is 48.9 Å². The zero-order chi connectivity index (χ0) is 14.8. The first kappa shape index (κ1) is 17.9. The van der Waals surface area contributed by atoms with Crippen molar-refractivity contribution in [2.75, 3.05) is 20.1 Å². The van der Waals surface area contributed by atoms with Gasteiger partial charge in [0, 0.05) is 20.1 Å². The number of carbonyl (C=O) groups is 2. The Morgan fingerprint density at radius 2 is 1.74 bits per heavy atom. The van der Waals surface area contributed by atoms with Crippen molar-refractivity contribution in [2.45, 2.75) is 59.0 Å². The topological polar surface area (TPSA) is 61.4 Å². The Bertz CT molecular complexity index is 282. The maximum Gasteiger partial charge on any atom is 0.239 e. The fourth-order valence-electron chi connectivity index (χ4n) is 1.75. The van der Waals surface area contributed by atoms with E-state index in [1.807, 2.05) is 6.92 Å². The molecule has 0 bridgehead atoms. The normalized spacial score (nSPS) is 13.7. The van der Waals surface area contributed by atoms with Crippen LogP contribution in [0.4, 0.5) is 0 Å². The maximum atomic E-state index is 11.9. The van der Waals surface area contributed by atoms with Crippen LogP contribution in [0.2, 0.25) is 0 Å². The lowest BCUT2D eigenvalue weighted by Gasteiger charge is -2.23. The average molecular weight is 271 g/mol. The van der Waals surface area contributed by atoms with Crippen LogP contribution in [0.1, 0.15) is 47.0 Å². The number of nitrogens with one attached hydrogen (secondary N) is 2. The molecule has 2 unspecified atom stereocenters. The molecule has 2 amide bonds. The van der Waals surface area contributed by atoms with E-state index < -0.39 is 0 Å². The van der Waals surface area contributed by atoms with Crippen molar-refractivity contribution in [1.29, 1.82) is 0 Å². The molecule has 0 aliphatic rings. The van der Waals surface area contributed by atoms with Gasteiger partial charge in [0.2, 0.25) is 11.8 Å². The van der Waals surface area contributed by atoms with Crippen LogP contribution >= 0.6 is 0 Å². The molecule has 5 nitrogen and oxygen atoms in total. The van der Waals surface area contributed by atoms with Gasteiger partial charge in [-0.1, -0.05) is 19.8 Å². The summed E-state index contributed by atoms with van der Waals surface area (Å²) >= 11 is 0. The molecule has 0 radical (unpaired) electrons. The van der Waals surface area contributed by atoms with Crippen LogP contribution < -0.4 is 10.6 Å². The molecule has 112 valence electrons. The summed E-state index contributed by atoms with van der Waals surface area (Å²) in [5.74, 6) is -0.0389. The zero-order valence-corrected chi connectivity index (χ0v) is 13.0. The van der Waals surface area contributed by atoms with E-state index in [0.29, 0.717) is 13.1 Å². The Kier molecular flexibility index (Phi) is 9.21. The number of carbonyl (C=O) groups excluding carboxylic acids is 2. The third kappa shape index (κ3) is 7.15. The number of amides is 2. The number of unbranched alkanes of at least 4 members (excludes halogenated alkanes) is 2. The lowest BCUT2D eigenvalue weighted by atomic mass is 10.2. The van der Waals surface area contributed by atoms with Crippen molar-refractivity contribution in [3.8, 4) is 0 Å². The molecule has 5 heteroatoms. The van der Waals surface area contributed by atoms with Gasteiger partial charge in [-0.15, -0.1) is 0 Å². The average Bonchev–Trinajstić information content (AvgIpc) is 2.41. The molecule has 0 spiro atoms. The van der Waals surface area contributed by atoms with Crippen molar-refractivity contribution in [2.24, 2.45) is 0 Å². The van der Waals surface area contributed by atoms with Gasteiger partial charge in [0.05, 0.1) is 12.1 Å². The van der Waals surface area contributed by atoms with Gasteiger partial charge in [-0.05, 0) is 27.2 Å². The monoisotopic (exact) mass is 271 g/mol. The van der Waals surface area contributed by atoms with Crippen LogP contribution in [0.3, 0.4) is 0 Å². The number of rotatable bonds is 9. The van der Waals surface area contributed by atoms with Gasteiger partial charge in [0.1, 0.15) is 0 Å². The van der Waals surface area contributed by atoms with Crippen molar-refractivity contribution in [1.82, 2.24) is 15.5 Å². The molecule has 0 fully saturated rings. The van der Waals surface area contributed by atoms with Gasteiger partial charge < -0.3 is 10.2 Å². The van der Waals surface area contributed by atoms with Gasteiger partial charge >= 0.3 is 0 Å². The lowest BCUT2D eigenvalue weighted by Crippen LogP contribution is -2.51. The lowest BCUT2D eigenvalue weighted by molar-refractivity contribution is -0.132. The zero-order valence-electron chi connectivity index (χ0n) is 13.0. The second-order valence-corrected chi connectivity index (χ2v) is 4.96. The van der Waals surface area contributed by atoms with Gasteiger partial charge in [-0.25, -0.2) is 0 Å². The van der Waals surface area contributed by atoms with E-state index in [1.165, 1.54) is 0 Å². The first-order valence-corrected chi connectivity index (χ1v) is 7.22. The predicted octanol–water partition coefficient (Wildman–Crippen LogP) is 1.14. The molecule has 19 heavy (non-hydrogen) atoms. The Morgan fingerprint density at radius 3 is 2.26 bits per heavy atom. The molecule has 0 heterocycles. The Labute approximate surface area is 117 Å². The van der Waals surface area contributed by atoms with E-state index in [-0.39, 0.29) is 23.9 Å². The number of nitrogens with zero attached hydrogens (tertiary/aromatic N) is 1. The molecule has 0 saturated heterocycles. The van der Waals surface area contributed by atoms with Gasteiger partial charge in [0.25, 0.3) is 0 Å². The summed E-state index contributed by atoms with van der Waals surface area (Å²) < 4.78 is 0. The molecule has 0 aromatic carbocycles. The van der Waals surface area contributed by atoms with Crippen molar-refractivity contribution in [3.05, 3.63) is 0 Å². The summed E-state index contributed by atoms with van der Waals surface area (Å²) in [5.41, 5.74) is 0. The van der Waals surface area contributed by atoms with E-state index in [1.54, 1.807) is 25.8 Å². The molecule has 2 N–H and O–H groups in total. The highest BCUT2D eigenvalue weighted by molar-refractivity contribution is 5.84. The minimum Gasteiger partial charge on any atom is -0.355 e. The van der Waals surface area contributed by atoms with Crippen LogP contribution in [-0.2, 0) is 9.59 Å². The minimum absolute atomic E-state index is 0.00753. The first-order chi connectivity index (χ1) is 8.93. The van der Waals surface area contributed by atoms with Crippen molar-refractivity contribution in [3.63, 3.8) is 0 Å².